The van der Waals surface area contributed by atoms with Crippen LogP contribution in [0.1, 0.15) is 38.4 Å². The van der Waals surface area contributed by atoms with E-state index in [9.17, 15) is 13.2 Å². The van der Waals surface area contributed by atoms with Gasteiger partial charge in [0.1, 0.15) is 11.6 Å². The van der Waals surface area contributed by atoms with Gasteiger partial charge in [0.15, 0.2) is 0 Å². The van der Waals surface area contributed by atoms with Crippen molar-refractivity contribution in [2.24, 2.45) is 5.92 Å². The Labute approximate surface area is 122 Å². The molecule has 1 saturated carbocycles. The van der Waals surface area contributed by atoms with E-state index in [-0.39, 0.29) is 5.82 Å². The van der Waals surface area contributed by atoms with Gasteiger partial charge in [0.2, 0.25) is 5.82 Å². The number of anilines is 2. The van der Waals surface area contributed by atoms with E-state index in [0.717, 1.165) is 19.4 Å². The molecule has 2 rings (SSSR count). The SMILES string of the molecule is CCNc1cc(N(C)CC2CCCC2)nc(C(F)(F)F)n1. The number of aromatic nitrogens is 2. The second kappa shape index (κ2) is 6.49. The van der Waals surface area contributed by atoms with Gasteiger partial charge in [-0.25, -0.2) is 9.97 Å². The van der Waals surface area contributed by atoms with Crippen LogP contribution in [0.4, 0.5) is 24.8 Å². The van der Waals surface area contributed by atoms with Crippen LogP contribution in [0.2, 0.25) is 0 Å². The van der Waals surface area contributed by atoms with Gasteiger partial charge in [-0.3, -0.25) is 0 Å². The number of nitrogens with zero attached hydrogens (tertiary/aromatic N) is 3. The van der Waals surface area contributed by atoms with Crippen LogP contribution in [0.15, 0.2) is 6.07 Å². The van der Waals surface area contributed by atoms with Crippen molar-refractivity contribution in [3.8, 4) is 0 Å². The molecule has 0 aromatic carbocycles. The topological polar surface area (TPSA) is 41.0 Å². The molecule has 0 radical (unpaired) electrons. The number of halogens is 3. The molecule has 0 bridgehead atoms. The molecule has 1 aliphatic rings. The van der Waals surface area contributed by atoms with Crippen LogP contribution >= 0.6 is 0 Å². The summed E-state index contributed by atoms with van der Waals surface area (Å²) >= 11 is 0. The predicted molar refractivity (Wildman–Crippen MR) is 76.4 cm³/mol. The molecule has 0 atom stereocenters. The Morgan fingerprint density at radius 3 is 2.52 bits per heavy atom. The molecule has 4 nitrogen and oxygen atoms in total. The molecule has 0 amide bonds. The average molecular weight is 302 g/mol. The molecule has 21 heavy (non-hydrogen) atoms. The molecule has 1 fully saturated rings. The van der Waals surface area contributed by atoms with Crippen LogP contribution in [0.25, 0.3) is 0 Å². The monoisotopic (exact) mass is 302 g/mol. The van der Waals surface area contributed by atoms with Crippen molar-refractivity contribution in [2.75, 3.05) is 30.4 Å². The second-order valence-corrected chi connectivity index (χ2v) is 5.49. The highest BCUT2D eigenvalue weighted by Gasteiger charge is 2.35. The van der Waals surface area contributed by atoms with E-state index in [4.69, 9.17) is 0 Å². The minimum Gasteiger partial charge on any atom is -0.370 e. The first-order valence-electron chi connectivity index (χ1n) is 7.31. The van der Waals surface area contributed by atoms with E-state index in [1.165, 1.54) is 12.8 Å². The highest BCUT2D eigenvalue weighted by atomic mass is 19.4. The quantitative estimate of drug-likeness (QED) is 0.903. The van der Waals surface area contributed by atoms with Gasteiger partial charge in [0, 0.05) is 26.2 Å². The standard InChI is InChI=1S/C14H21F3N4/c1-3-18-11-8-12(20-13(19-11)14(15,16)17)21(2)9-10-6-4-5-7-10/h8,10H,3-7,9H2,1-2H3,(H,18,19,20). The molecular formula is C14H21F3N4. The Morgan fingerprint density at radius 1 is 1.29 bits per heavy atom. The van der Waals surface area contributed by atoms with Crippen molar-refractivity contribution in [3.63, 3.8) is 0 Å². The van der Waals surface area contributed by atoms with Crippen LogP contribution in [0.5, 0.6) is 0 Å². The molecule has 0 unspecified atom stereocenters. The van der Waals surface area contributed by atoms with E-state index < -0.39 is 12.0 Å². The fourth-order valence-electron chi connectivity index (χ4n) is 2.70. The summed E-state index contributed by atoms with van der Waals surface area (Å²) in [6, 6.07) is 1.58. The van der Waals surface area contributed by atoms with Crippen LogP contribution in [-0.4, -0.2) is 30.1 Å². The minimum atomic E-state index is -4.53. The van der Waals surface area contributed by atoms with Gasteiger partial charge in [0.25, 0.3) is 0 Å². The molecule has 118 valence electrons. The lowest BCUT2D eigenvalue weighted by atomic mass is 10.1. The maximum Gasteiger partial charge on any atom is 0.451 e. The largest absolute Gasteiger partial charge is 0.451 e. The number of nitrogens with one attached hydrogen (secondary N) is 1. The van der Waals surface area contributed by atoms with E-state index in [1.807, 2.05) is 6.92 Å². The summed E-state index contributed by atoms with van der Waals surface area (Å²) in [6.07, 6.45) is 0.162. The molecule has 1 aromatic heterocycles. The number of rotatable bonds is 5. The number of hydrogen-bond donors (Lipinski definition) is 1. The van der Waals surface area contributed by atoms with Gasteiger partial charge in [-0.15, -0.1) is 0 Å². The fraction of sp³-hybridized carbons (Fsp3) is 0.714. The van der Waals surface area contributed by atoms with Gasteiger partial charge < -0.3 is 10.2 Å². The average Bonchev–Trinajstić information content (AvgIpc) is 2.90. The third-order valence-corrected chi connectivity index (χ3v) is 3.72. The minimum absolute atomic E-state index is 0.216. The molecule has 7 heteroatoms. The summed E-state index contributed by atoms with van der Waals surface area (Å²) in [5.74, 6) is -0.00983. The first-order chi connectivity index (χ1) is 9.90. The van der Waals surface area contributed by atoms with Gasteiger partial charge >= 0.3 is 6.18 Å². The summed E-state index contributed by atoms with van der Waals surface area (Å²) in [6.45, 7) is 3.07. The van der Waals surface area contributed by atoms with Gasteiger partial charge in [0.05, 0.1) is 0 Å². The van der Waals surface area contributed by atoms with Crippen molar-refractivity contribution >= 4 is 11.6 Å². The van der Waals surface area contributed by atoms with Crippen molar-refractivity contribution in [1.82, 2.24) is 9.97 Å². The van der Waals surface area contributed by atoms with Crippen molar-refractivity contribution < 1.29 is 13.2 Å². The molecule has 1 aliphatic carbocycles. The summed E-state index contributed by atoms with van der Waals surface area (Å²) in [7, 11) is 1.79. The lowest BCUT2D eigenvalue weighted by Crippen LogP contribution is -2.26. The molecule has 0 saturated heterocycles. The fourth-order valence-corrected chi connectivity index (χ4v) is 2.70. The smallest absolute Gasteiger partial charge is 0.370 e. The van der Waals surface area contributed by atoms with E-state index in [2.05, 4.69) is 15.3 Å². The van der Waals surface area contributed by atoms with Crippen molar-refractivity contribution in [2.45, 2.75) is 38.8 Å². The Kier molecular flexibility index (Phi) is 4.90. The third-order valence-electron chi connectivity index (χ3n) is 3.72. The molecule has 1 aromatic rings. The predicted octanol–water partition coefficient (Wildman–Crippen LogP) is 3.55. The first-order valence-corrected chi connectivity index (χ1v) is 7.31. The second-order valence-electron chi connectivity index (χ2n) is 5.49. The molecular weight excluding hydrogens is 281 g/mol. The van der Waals surface area contributed by atoms with Crippen LogP contribution < -0.4 is 10.2 Å². The van der Waals surface area contributed by atoms with Gasteiger partial charge in [-0.1, -0.05) is 12.8 Å². The van der Waals surface area contributed by atoms with E-state index >= 15 is 0 Å². The Bertz CT molecular complexity index is 470. The molecule has 0 aliphatic heterocycles. The Balaban J connectivity index is 2.21. The summed E-state index contributed by atoms with van der Waals surface area (Å²) < 4.78 is 38.7. The third kappa shape index (κ3) is 4.22. The molecule has 1 N–H and O–H groups in total. The number of alkyl halides is 3. The molecule has 0 spiro atoms. The maximum atomic E-state index is 12.9. The first kappa shape index (κ1) is 15.9. The van der Waals surface area contributed by atoms with Gasteiger partial charge in [-0.05, 0) is 25.7 Å². The summed E-state index contributed by atoms with van der Waals surface area (Å²) in [5, 5.41) is 2.83. The summed E-state index contributed by atoms with van der Waals surface area (Å²) in [5.41, 5.74) is 0. The van der Waals surface area contributed by atoms with Crippen LogP contribution in [0.3, 0.4) is 0 Å². The van der Waals surface area contributed by atoms with Gasteiger partial charge in [-0.2, -0.15) is 13.2 Å². The van der Waals surface area contributed by atoms with E-state index in [0.29, 0.717) is 18.3 Å². The van der Waals surface area contributed by atoms with Crippen LogP contribution in [0, 0.1) is 5.92 Å². The highest BCUT2D eigenvalue weighted by molar-refractivity contribution is 5.49. The lowest BCUT2D eigenvalue weighted by molar-refractivity contribution is -0.144. The van der Waals surface area contributed by atoms with Crippen molar-refractivity contribution in [3.05, 3.63) is 11.9 Å². The Hall–Kier alpha value is -1.53. The highest BCUT2D eigenvalue weighted by Crippen LogP contribution is 2.30. The van der Waals surface area contributed by atoms with E-state index in [1.54, 1.807) is 18.0 Å². The summed E-state index contributed by atoms with van der Waals surface area (Å²) in [4.78, 5) is 9.01. The normalized spacial score (nSPS) is 16.2. The lowest BCUT2D eigenvalue weighted by Gasteiger charge is -2.23. The maximum absolute atomic E-state index is 12.9. The Morgan fingerprint density at radius 2 is 1.95 bits per heavy atom. The zero-order valence-electron chi connectivity index (χ0n) is 12.4. The zero-order valence-corrected chi connectivity index (χ0v) is 12.4. The number of hydrogen-bond acceptors (Lipinski definition) is 4. The zero-order chi connectivity index (χ0) is 15.5. The molecule has 1 heterocycles. The van der Waals surface area contributed by atoms with Crippen molar-refractivity contribution in [1.29, 1.82) is 0 Å². The van der Waals surface area contributed by atoms with Crippen LogP contribution in [-0.2, 0) is 6.18 Å².